The second-order valence-electron chi connectivity index (χ2n) is 5.38. The Kier molecular flexibility index (Phi) is 11.4. The normalized spacial score (nSPS) is 10.8. The first-order valence-corrected chi connectivity index (χ1v) is 8.24. The molecule has 0 saturated heterocycles. The van der Waals surface area contributed by atoms with Crippen LogP contribution in [0.5, 0.6) is 0 Å². The van der Waals surface area contributed by atoms with Crippen molar-refractivity contribution in [3.63, 3.8) is 0 Å². The van der Waals surface area contributed by atoms with Gasteiger partial charge in [-0.25, -0.2) is 0 Å². The number of nitrogens with zero attached hydrogens (tertiary/aromatic N) is 3. The number of amides is 1. The van der Waals surface area contributed by atoms with Crippen LogP contribution in [0.1, 0.15) is 18.9 Å². The summed E-state index contributed by atoms with van der Waals surface area (Å²) in [6.07, 6.45) is 0.391. The summed E-state index contributed by atoms with van der Waals surface area (Å²) in [7, 11) is 5.43. The molecule has 0 unspecified atom stereocenters. The summed E-state index contributed by atoms with van der Waals surface area (Å²) in [5, 5.41) is 4.30. The van der Waals surface area contributed by atoms with Gasteiger partial charge in [-0.1, -0.05) is 29.3 Å². The summed E-state index contributed by atoms with van der Waals surface area (Å²) in [6, 6.07) is 5.57. The van der Waals surface area contributed by atoms with Gasteiger partial charge >= 0.3 is 0 Å². The first-order chi connectivity index (χ1) is 10.8. The third-order valence-corrected chi connectivity index (χ3v) is 3.93. The quantitative estimate of drug-likeness (QED) is 0.380. The molecule has 0 aliphatic carbocycles. The Morgan fingerprint density at radius 2 is 1.88 bits per heavy atom. The highest BCUT2D eigenvalue weighted by molar-refractivity contribution is 14.0. The molecule has 0 bridgehead atoms. The lowest BCUT2D eigenvalue weighted by molar-refractivity contribution is -0.128. The molecule has 1 N–H and O–H groups in total. The van der Waals surface area contributed by atoms with Crippen molar-refractivity contribution in [2.24, 2.45) is 4.99 Å². The van der Waals surface area contributed by atoms with Crippen LogP contribution in [0.3, 0.4) is 0 Å². The Bertz CT molecular complexity index is 567. The number of carbonyl (C=O) groups is 1. The molecule has 24 heavy (non-hydrogen) atoms. The minimum atomic E-state index is 0. The third-order valence-electron chi connectivity index (χ3n) is 3.19. The molecule has 5 nitrogen and oxygen atoms in total. The zero-order chi connectivity index (χ0) is 17.4. The number of halogens is 3. The summed E-state index contributed by atoms with van der Waals surface area (Å²) < 4.78 is 0. The monoisotopic (exact) mass is 486 g/mol. The van der Waals surface area contributed by atoms with Gasteiger partial charge in [-0.15, -0.1) is 24.0 Å². The SMILES string of the molecule is CCNC(=NCCC(=O)N(C)C)N(C)Cc1ccc(Cl)c(Cl)c1.I. The van der Waals surface area contributed by atoms with Crippen molar-refractivity contribution >= 4 is 59.0 Å². The number of rotatable bonds is 6. The molecule has 0 aromatic heterocycles. The highest BCUT2D eigenvalue weighted by Gasteiger charge is 2.09. The summed E-state index contributed by atoms with van der Waals surface area (Å²) in [5.41, 5.74) is 1.04. The van der Waals surface area contributed by atoms with E-state index in [1.807, 2.05) is 31.0 Å². The predicted molar refractivity (Wildman–Crippen MR) is 113 cm³/mol. The van der Waals surface area contributed by atoms with Gasteiger partial charge in [0.25, 0.3) is 0 Å². The van der Waals surface area contributed by atoms with Crippen LogP contribution in [0.4, 0.5) is 0 Å². The van der Waals surface area contributed by atoms with Crippen molar-refractivity contribution in [1.29, 1.82) is 0 Å². The minimum Gasteiger partial charge on any atom is -0.357 e. The number of nitrogens with one attached hydrogen (secondary N) is 1. The maximum Gasteiger partial charge on any atom is 0.223 e. The van der Waals surface area contributed by atoms with Gasteiger partial charge in [0.15, 0.2) is 5.96 Å². The second kappa shape index (κ2) is 11.8. The van der Waals surface area contributed by atoms with Crippen molar-refractivity contribution in [3.05, 3.63) is 33.8 Å². The van der Waals surface area contributed by atoms with Gasteiger partial charge in [-0.3, -0.25) is 9.79 Å². The number of guanidine groups is 1. The van der Waals surface area contributed by atoms with E-state index in [9.17, 15) is 4.79 Å². The van der Waals surface area contributed by atoms with E-state index in [1.54, 1.807) is 25.1 Å². The van der Waals surface area contributed by atoms with Gasteiger partial charge in [0, 0.05) is 40.7 Å². The van der Waals surface area contributed by atoms with Crippen molar-refractivity contribution in [2.75, 3.05) is 34.2 Å². The van der Waals surface area contributed by atoms with Crippen molar-refractivity contribution in [3.8, 4) is 0 Å². The lowest BCUT2D eigenvalue weighted by atomic mass is 10.2. The molecule has 1 aromatic carbocycles. The van der Waals surface area contributed by atoms with Crippen LogP contribution >= 0.6 is 47.2 Å². The van der Waals surface area contributed by atoms with Crippen LogP contribution in [-0.4, -0.2) is 55.9 Å². The van der Waals surface area contributed by atoms with E-state index in [2.05, 4.69) is 10.3 Å². The van der Waals surface area contributed by atoms with Gasteiger partial charge in [0.05, 0.1) is 16.6 Å². The molecule has 0 radical (unpaired) electrons. The summed E-state index contributed by atoms with van der Waals surface area (Å²) in [6.45, 7) is 3.86. The van der Waals surface area contributed by atoms with Crippen molar-refractivity contribution in [1.82, 2.24) is 15.1 Å². The molecule has 0 aliphatic rings. The minimum absolute atomic E-state index is 0. The van der Waals surface area contributed by atoms with Crippen molar-refractivity contribution in [2.45, 2.75) is 19.9 Å². The molecule has 0 spiro atoms. The maximum atomic E-state index is 11.6. The van der Waals surface area contributed by atoms with E-state index < -0.39 is 0 Å². The van der Waals surface area contributed by atoms with Crippen LogP contribution < -0.4 is 5.32 Å². The molecule has 0 fully saturated rings. The molecule has 0 heterocycles. The Balaban J connectivity index is 0.00000529. The molecular formula is C16H25Cl2IN4O. The van der Waals surface area contributed by atoms with E-state index in [4.69, 9.17) is 23.2 Å². The van der Waals surface area contributed by atoms with Gasteiger partial charge in [-0.2, -0.15) is 0 Å². The molecule has 1 rings (SSSR count). The molecule has 1 aromatic rings. The Labute approximate surface area is 171 Å². The first kappa shape index (κ1) is 23.3. The largest absolute Gasteiger partial charge is 0.357 e. The number of hydrogen-bond donors (Lipinski definition) is 1. The molecule has 136 valence electrons. The molecule has 0 atom stereocenters. The number of hydrogen-bond acceptors (Lipinski definition) is 2. The average Bonchev–Trinajstić information content (AvgIpc) is 2.49. The Morgan fingerprint density at radius 1 is 1.21 bits per heavy atom. The first-order valence-electron chi connectivity index (χ1n) is 7.48. The molecule has 1 amide bonds. The van der Waals surface area contributed by atoms with E-state index in [0.29, 0.717) is 29.6 Å². The van der Waals surface area contributed by atoms with Crippen molar-refractivity contribution < 1.29 is 4.79 Å². The highest BCUT2D eigenvalue weighted by Crippen LogP contribution is 2.23. The van der Waals surface area contributed by atoms with Gasteiger partial charge in [0.2, 0.25) is 5.91 Å². The van der Waals surface area contributed by atoms with Crippen LogP contribution in [0.25, 0.3) is 0 Å². The number of carbonyl (C=O) groups excluding carboxylic acids is 1. The van der Waals surface area contributed by atoms with E-state index in [1.165, 1.54) is 0 Å². The summed E-state index contributed by atoms with van der Waals surface area (Å²) in [4.78, 5) is 19.7. The van der Waals surface area contributed by atoms with Crippen LogP contribution in [0.2, 0.25) is 10.0 Å². The fraction of sp³-hybridized carbons (Fsp3) is 0.500. The molecule has 0 saturated carbocycles. The van der Waals surface area contributed by atoms with E-state index in [0.717, 1.165) is 18.1 Å². The Hall–Kier alpha value is -0.730. The highest BCUT2D eigenvalue weighted by atomic mass is 127. The van der Waals surface area contributed by atoms with Gasteiger partial charge in [0.1, 0.15) is 0 Å². The fourth-order valence-corrected chi connectivity index (χ4v) is 2.26. The van der Waals surface area contributed by atoms with Gasteiger partial charge in [-0.05, 0) is 24.6 Å². The second-order valence-corrected chi connectivity index (χ2v) is 6.19. The zero-order valence-corrected chi connectivity index (χ0v) is 18.3. The van der Waals surface area contributed by atoms with E-state index in [-0.39, 0.29) is 29.9 Å². The van der Waals surface area contributed by atoms with E-state index >= 15 is 0 Å². The maximum absolute atomic E-state index is 11.6. The summed E-state index contributed by atoms with van der Waals surface area (Å²) in [5.74, 6) is 0.821. The lowest BCUT2D eigenvalue weighted by Gasteiger charge is -2.22. The molecule has 8 heteroatoms. The van der Waals surface area contributed by atoms with Gasteiger partial charge < -0.3 is 15.1 Å². The standard InChI is InChI=1S/C16H24Cl2N4O.HI/c1-5-19-16(20-9-8-15(23)21(2)3)22(4)11-12-6-7-13(17)14(18)10-12;/h6-7,10H,5,8-9,11H2,1-4H3,(H,19,20);1H. The van der Waals surface area contributed by atoms with Crippen LogP contribution in [0.15, 0.2) is 23.2 Å². The third kappa shape index (κ3) is 7.90. The fourth-order valence-electron chi connectivity index (χ4n) is 1.94. The smallest absolute Gasteiger partial charge is 0.223 e. The van der Waals surface area contributed by atoms with Crippen LogP contribution in [-0.2, 0) is 11.3 Å². The van der Waals surface area contributed by atoms with Crippen LogP contribution in [0, 0.1) is 0 Å². The topological polar surface area (TPSA) is 47.9 Å². The Morgan fingerprint density at radius 3 is 2.42 bits per heavy atom. The lowest BCUT2D eigenvalue weighted by Crippen LogP contribution is -2.38. The number of aliphatic imine (C=N–C) groups is 1. The zero-order valence-electron chi connectivity index (χ0n) is 14.5. The average molecular weight is 487 g/mol. The predicted octanol–water partition coefficient (Wildman–Crippen LogP) is 3.49. The molecule has 0 aliphatic heterocycles. The summed E-state index contributed by atoms with van der Waals surface area (Å²) >= 11 is 12.0. The molecular weight excluding hydrogens is 462 g/mol. The number of benzene rings is 1.